The van der Waals surface area contributed by atoms with Crippen LogP contribution in [0, 0.1) is 12.7 Å². The molecule has 2 aromatic heterocycles. The first-order valence-electron chi connectivity index (χ1n) is 7.83. The maximum absolute atomic E-state index is 13.3. The quantitative estimate of drug-likeness (QED) is 0.517. The highest BCUT2D eigenvalue weighted by Gasteiger charge is 2.07. The molecule has 130 valence electrons. The number of rotatable bonds is 4. The summed E-state index contributed by atoms with van der Waals surface area (Å²) in [5.74, 6) is 0.0744. The van der Waals surface area contributed by atoms with Crippen LogP contribution in [0.5, 0.6) is 0 Å². The molecule has 0 unspecified atom stereocenters. The first kappa shape index (κ1) is 15.8. The molecule has 0 aliphatic carbocycles. The van der Waals surface area contributed by atoms with Crippen molar-refractivity contribution in [3.8, 4) is 0 Å². The summed E-state index contributed by atoms with van der Waals surface area (Å²) in [4.78, 5) is 22.5. The zero-order chi connectivity index (χ0) is 18.1. The van der Waals surface area contributed by atoms with E-state index in [9.17, 15) is 9.18 Å². The first-order valence-corrected chi connectivity index (χ1v) is 7.83. The lowest BCUT2D eigenvalue weighted by molar-refractivity contribution is 0.555. The normalized spacial score (nSPS) is 10.8. The van der Waals surface area contributed by atoms with Crippen molar-refractivity contribution in [2.45, 2.75) is 6.92 Å². The highest BCUT2D eigenvalue weighted by atomic mass is 19.1. The summed E-state index contributed by atoms with van der Waals surface area (Å²) >= 11 is 0. The molecule has 0 bridgehead atoms. The molecule has 4 rings (SSSR count). The summed E-state index contributed by atoms with van der Waals surface area (Å²) in [5, 5.41) is 6.15. The van der Waals surface area contributed by atoms with E-state index in [-0.39, 0.29) is 5.82 Å². The van der Waals surface area contributed by atoms with Gasteiger partial charge in [-0.2, -0.15) is 4.98 Å². The molecule has 0 aliphatic heterocycles. The van der Waals surface area contributed by atoms with Crippen molar-refractivity contribution >= 4 is 34.2 Å². The summed E-state index contributed by atoms with van der Waals surface area (Å²) in [7, 11) is 0. The van der Waals surface area contributed by atoms with Crippen molar-refractivity contribution < 1.29 is 8.81 Å². The zero-order valence-corrected chi connectivity index (χ0v) is 13.7. The summed E-state index contributed by atoms with van der Waals surface area (Å²) in [6, 6.07) is 11.3. The van der Waals surface area contributed by atoms with Crippen molar-refractivity contribution in [1.29, 1.82) is 0 Å². The fourth-order valence-corrected chi connectivity index (χ4v) is 2.49. The Morgan fingerprint density at radius 1 is 1.12 bits per heavy atom. The summed E-state index contributed by atoms with van der Waals surface area (Å²) < 4.78 is 18.3. The van der Waals surface area contributed by atoms with E-state index in [1.54, 1.807) is 36.5 Å². The van der Waals surface area contributed by atoms with Gasteiger partial charge in [-0.25, -0.2) is 14.2 Å². The predicted molar refractivity (Wildman–Crippen MR) is 96.6 cm³/mol. The van der Waals surface area contributed by atoms with Gasteiger partial charge < -0.3 is 15.1 Å². The number of oxazole rings is 1. The largest absolute Gasteiger partial charge is 0.417 e. The SMILES string of the molecule is Cc1cnc(Nc2cccc(F)c2)nc1Nc1ccc2oc(=O)[nH]c2c1. The van der Waals surface area contributed by atoms with Gasteiger partial charge in [0.05, 0.1) is 5.52 Å². The molecule has 3 N–H and O–H groups in total. The highest BCUT2D eigenvalue weighted by molar-refractivity contribution is 5.78. The molecule has 0 radical (unpaired) electrons. The third kappa shape index (κ3) is 3.25. The van der Waals surface area contributed by atoms with E-state index in [4.69, 9.17) is 4.42 Å². The van der Waals surface area contributed by atoms with Gasteiger partial charge in [0.15, 0.2) is 5.58 Å². The van der Waals surface area contributed by atoms with Gasteiger partial charge in [0.1, 0.15) is 11.6 Å². The Balaban J connectivity index is 1.61. The molecule has 0 atom stereocenters. The number of aromatic amines is 1. The molecule has 0 aliphatic rings. The van der Waals surface area contributed by atoms with Crippen molar-refractivity contribution in [3.05, 3.63) is 70.6 Å². The van der Waals surface area contributed by atoms with Crippen molar-refractivity contribution in [3.63, 3.8) is 0 Å². The molecule has 0 saturated carbocycles. The average molecular weight is 351 g/mol. The van der Waals surface area contributed by atoms with Gasteiger partial charge in [-0.3, -0.25) is 4.98 Å². The molecule has 26 heavy (non-hydrogen) atoms. The van der Waals surface area contributed by atoms with Crippen LogP contribution in [0.3, 0.4) is 0 Å². The first-order chi connectivity index (χ1) is 12.6. The van der Waals surface area contributed by atoms with Crippen LogP contribution in [0.4, 0.5) is 27.5 Å². The number of H-pyrrole nitrogens is 1. The number of aryl methyl sites for hydroxylation is 1. The maximum atomic E-state index is 13.3. The third-order valence-corrected chi connectivity index (χ3v) is 3.73. The topological polar surface area (TPSA) is 95.8 Å². The molecule has 0 saturated heterocycles. The second-order valence-corrected chi connectivity index (χ2v) is 5.71. The van der Waals surface area contributed by atoms with E-state index >= 15 is 0 Å². The molecule has 7 nitrogen and oxygen atoms in total. The number of aromatic nitrogens is 3. The number of hydrogen-bond donors (Lipinski definition) is 3. The van der Waals surface area contributed by atoms with E-state index < -0.39 is 5.76 Å². The molecule has 0 amide bonds. The lowest BCUT2D eigenvalue weighted by atomic mass is 10.2. The number of fused-ring (bicyclic) bond motifs is 1. The van der Waals surface area contributed by atoms with Crippen LogP contribution in [0.1, 0.15) is 5.56 Å². The van der Waals surface area contributed by atoms with E-state index in [1.165, 1.54) is 12.1 Å². The van der Waals surface area contributed by atoms with Crippen LogP contribution in [0.15, 0.2) is 57.9 Å². The van der Waals surface area contributed by atoms with E-state index in [0.717, 1.165) is 11.3 Å². The van der Waals surface area contributed by atoms with Gasteiger partial charge in [-0.1, -0.05) is 6.07 Å². The number of benzene rings is 2. The Bertz CT molecular complexity index is 1150. The zero-order valence-electron chi connectivity index (χ0n) is 13.7. The molecule has 4 aromatic rings. The molecule has 2 heterocycles. The van der Waals surface area contributed by atoms with Crippen LogP contribution >= 0.6 is 0 Å². The number of halogens is 1. The van der Waals surface area contributed by atoms with Gasteiger partial charge in [-0.05, 0) is 43.3 Å². The lowest BCUT2D eigenvalue weighted by Crippen LogP contribution is -2.03. The Labute approximate surface area is 146 Å². The molecule has 2 aromatic carbocycles. The number of nitrogens with one attached hydrogen (secondary N) is 3. The summed E-state index contributed by atoms with van der Waals surface area (Å²) in [6.45, 7) is 1.87. The smallest absolute Gasteiger partial charge is 0.408 e. The highest BCUT2D eigenvalue weighted by Crippen LogP contribution is 2.23. The Kier molecular flexibility index (Phi) is 3.85. The Hall–Kier alpha value is -3.68. The van der Waals surface area contributed by atoms with Gasteiger partial charge in [0.25, 0.3) is 0 Å². The minimum absolute atomic E-state index is 0.335. The molecular formula is C18H14FN5O2. The summed E-state index contributed by atoms with van der Waals surface area (Å²) in [6.07, 6.45) is 1.66. The third-order valence-electron chi connectivity index (χ3n) is 3.73. The van der Waals surface area contributed by atoms with Crippen LogP contribution in [-0.2, 0) is 0 Å². The van der Waals surface area contributed by atoms with Crippen LogP contribution < -0.4 is 16.4 Å². The lowest BCUT2D eigenvalue weighted by Gasteiger charge is -2.11. The molecule has 0 fully saturated rings. The average Bonchev–Trinajstić information content (AvgIpc) is 2.97. The fourth-order valence-electron chi connectivity index (χ4n) is 2.49. The maximum Gasteiger partial charge on any atom is 0.417 e. The number of nitrogens with zero attached hydrogens (tertiary/aromatic N) is 2. The predicted octanol–water partition coefficient (Wildman–Crippen LogP) is 3.85. The van der Waals surface area contributed by atoms with Crippen LogP contribution in [-0.4, -0.2) is 15.0 Å². The monoisotopic (exact) mass is 351 g/mol. The van der Waals surface area contributed by atoms with Crippen molar-refractivity contribution in [2.24, 2.45) is 0 Å². The Morgan fingerprint density at radius 3 is 2.81 bits per heavy atom. The van der Waals surface area contributed by atoms with Crippen molar-refractivity contribution in [2.75, 3.05) is 10.6 Å². The fraction of sp³-hybridized carbons (Fsp3) is 0.0556. The Morgan fingerprint density at radius 2 is 1.96 bits per heavy atom. The van der Waals surface area contributed by atoms with E-state index in [0.29, 0.717) is 28.6 Å². The van der Waals surface area contributed by atoms with E-state index in [1.807, 2.05) is 6.92 Å². The molecule has 0 spiro atoms. The minimum Gasteiger partial charge on any atom is -0.408 e. The van der Waals surface area contributed by atoms with Gasteiger partial charge >= 0.3 is 5.76 Å². The second kappa shape index (κ2) is 6.32. The van der Waals surface area contributed by atoms with Crippen molar-refractivity contribution in [1.82, 2.24) is 15.0 Å². The standard InChI is InChI=1S/C18H14FN5O2/c1-10-9-20-17(22-12-4-2-3-11(19)7-12)24-16(10)21-13-5-6-15-14(8-13)23-18(25)26-15/h2-9H,1H3,(H,23,25)(H2,20,21,22,24). The second-order valence-electron chi connectivity index (χ2n) is 5.71. The summed E-state index contributed by atoms with van der Waals surface area (Å²) in [5.41, 5.74) is 3.18. The number of hydrogen-bond acceptors (Lipinski definition) is 6. The minimum atomic E-state index is -0.503. The van der Waals surface area contributed by atoms with Gasteiger partial charge in [0, 0.05) is 23.1 Å². The molecule has 8 heteroatoms. The van der Waals surface area contributed by atoms with Gasteiger partial charge in [-0.15, -0.1) is 0 Å². The van der Waals surface area contributed by atoms with E-state index in [2.05, 4.69) is 25.6 Å². The van der Waals surface area contributed by atoms with Crippen LogP contribution in [0.25, 0.3) is 11.1 Å². The number of anilines is 4. The molecular weight excluding hydrogens is 337 g/mol. The van der Waals surface area contributed by atoms with Gasteiger partial charge in [0.2, 0.25) is 5.95 Å². The van der Waals surface area contributed by atoms with Crippen LogP contribution in [0.2, 0.25) is 0 Å².